The van der Waals surface area contributed by atoms with E-state index in [0.717, 1.165) is 14.9 Å². The van der Waals surface area contributed by atoms with Crippen molar-refractivity contribution >= 4 is 34.3 Å². The van der Waals surface area contributed by atoms with Gasteiger partial charge >= 0.3 is 0 Å². The molecule has 0 saturated heterocycles. The van der Waals surface area contributed by atoms with Gasteiger partial charge in [-0.3, -0.25) is 9.59 Å². The standard InChI is InChI=1S/C17H16INO3/c1-11(20)16(13-8-9-15(22-2)14(18)10-13)19-17(21)12-6-4-3-5-7-12/h3-10,16H,1-2H3,(H,19,21). The molecule has 1 atom stereocenters. The molecule has 4 nitrogen and oxygen atoms in total. The highest BCUT2D eigenvalue weighted by Crippen LogP contribution is 2.25. The van der Waals surface area contributed by atoms with Gasteiger partial charge in [0, 0.05) is 5.56 Å². The number of carbonyl (C=O) groups is 2. The zero-order valence-corrected chi connectivity index (χ0v) is 14.5. The first-order valence-electron chi connectivity index (χ1n) is 6.72. The number of methoxy groups -OCH3 is 1. The highest BCUT2D eigenvalue weighted by molar-refractivity contribution is 14.1. The van der Waals surface area contributed by atoms with Crippen molar-refractivity contribution < 1.29 is 14.3 Å². The van der Waals surface area contributed by atoms with Crippen molar-refractivity contribution in [3.05, 3.63) is 63.2 Å². The summed E-state index contributed by atoms with van der Waals surface area (Å²) < 4.78 is 6.10. The van der Waals surface area contributed by atoms with Crippen molar-refractivity contribution in [2.45, 2.75) is 13.0 Å². The summed E-state index contributed by atoms with van der Waals surface area (Å²) >= 11 is 2.14. The highest BCUT2D eigenvalue weighted by Gasteiger charge is 2.20. The predicted octanol–water partition coefficient (Wildman–Crippen LogP) is 3.36. The van der Waals surface area contributed by atoms with Crippen molar-refractivity contribution in [1.82, 2.24) is 5.32 Å². The minimum Gasteiger partial charge on any atom is -0.496 e. The normalized spacial score (nSPS) is 11.6. The molecule has 2 aromatic carbocycles. The first-order valence-corrected chi connectivity index (χ1v) is 7.80. The molecule has 0 bridgehead atoms. The molecule has 0 aliphatic heterocycles. The summed E-state index contributed by atoms with van der Waals surface area (Å²) in [5.41, 5.74) is 1.26. The highest BCUT2D eigenvalue weighted by atomic mass is 127. The maximum absolute atomic E-state index is 12.3. The van der Waals surface area contributed by atoms with Crippen LogP contribution in [0.4, 0.5) is 0 Å². The number of benzene rings is 2. The molecule has 2 aromatic rings. The van der Waals surface area contributed by atoms with E-state index in [9.17, 15) is 9.59 Å². The summed E-state index contributed by atoms with van der Waals surface area (Å²) in [5.74, 6) is 0.345. The third kappa shape index (κ3) is 3.85. The molecule has 0 fully saturated rings. The van der Waals surface area contributed by atoms with E-state index in [0.29, 0.717) is 5.56 Å². The lowest BCUT2D eigenvalue weighted by molar-refractivity contribution is -0.118. The Bertz CT molecular complexity index is 686. The average molecular weight is 409 g/mol. The Kier molecular flexibility index (Phi) is 5.54. The number of amides is 1. The van der Waals surface area contributed by atoms with E-state index in [4.69, 9.17) is 4.74 Å². The minimum atomic E-state index is -0.674. The van der Waals surface area contributed by atoms with E-state index in [1.54, 1.807) is 43.5 Å². The lowest BCUT2D eigenvalue weighted by Crippen LogP contribution is -2.32. The van der Waals surface area contributed by atoms with Crippen LogP contribution in [0.2, 0.25) is 0 Å². The number of ketones is 1. The molecule has 1 amide bonds. The maximum atomic E-state index is 12.3. The number of carbonyl (C=O) groups excluding carboxylic acids is 2. The fourth-order valence-corrected chi connectivity index (χ4v) is 2.85. The van der Waals surface area contributed by atoms with Crippen molar-refractivity contribution in [2.75, 3.05) is 7.11 Å². The zero-order chi connectivity index (χ0) is 16.1. The van der Waals surface area contributed by atoms with Crippen LogP contribution in [0.5, 0.6) is 5.75 Å². The number of hydrogen-bond donors (Lipinski definition) is 1. The second-order valence-electron chi connectivity index (χ2n) is 4.78. The van der Waals surface area contributed by atoms with Gasteiger partial charge in [-0.15, -0.1) is 0 Å². The monoisotopic (exact) mass is 409 g/mol. The minimum absolute atomic E-state index is 0.120. The largest absolute Gasteiger partial charge is 0.496 e. The quantitative estimate of drug-likeness (QED) is 0.771. The molecular formula is C17H16INO3. The Balaban J connectivity index is 2.26. The molecule has 114 valence electrons. The van der Waals surface area contributed by atoms with Crippen LogP contribution in [0.15, 0.2) is 48.5 Å². The van der Waals surface area contributed by atoms with E-state index < -0.39 is 6.04 Å². The van der Waals surface area contributed by atoms with Crippen LogP contribution in [0.1, 0.15) is 28.9 Å². The number of rotatable bonds is 5. The van der Waals surface area contributed by atoms with Gasteiger partial charge in [0.2, 0.25) is 0 Å². The molecular weight excluding hydrogens is 393 g/mol. The number of Topliss-reactive ketones (excluding diaryl/α,β-unsaturated/α-hetero) is 1. The number of halogens is 1. The Morgan fingerprint density at radius 2 is 1.82 bits per heavy atom. The van der Waals surface area contributed by atoms with Gasteiger partial charge in [0.25, 0.3) is 5.91 Å². The lowest BCUT2D eigenvalue weighted by Gasteiger charge is -2.17. The molecule has 0 saturated carbocycles. The van der Waals surface area contributed by atoms with Gasteiger partial charge in [0.05, 0.1) is 10.7 Å². The van der Waals surface area contributed by atoms with E-state index in [1.165, 1.54) is 6.92 Å². The number of nitrogens with one attached hydrogen (secondary N) is 1. The summed E-state index contributed by atoms with van der Waals surface area (Å²) in [7, 11) is 1.59. The predicted molar refractivity (Wildman–Crippen MR) is 93.0 cm³/mol. The molecule has 2 rings (SSSR count). The summed E-state index contributed by atoms with van der Waals surface area (Å²) in [4.78, 5) is 24.2. The van der Waals surface area contributed by atoms with E-state index in [1.807, 2.05) is 12.1 Å². The molecule has 0 spiro atoms. The molecule has 1 unspecified atom stereocenters. The smallest absolute Gasteiger partial charge is 0.252 e. The molecule has 0 aromatic heterocycles. The van der Waals surface area contributed by atoms with Crippen LogP contribution >= 0.6 is 22.6 Å². The third-order valence-corrected chi connectivity index (χ3v) is 4.07. The van der Waals surface area contributed by atoms with Crippen molar-refractivity contribution in [1.29, 1.82) is 0 Å². The maximum Gasteiger partial charge on any atom is 0.252 e. The summed E-state index contributed by atoms with van der Waals surface area (Å²) in [6.07, 6.45) is 0. The second kappa shape index (κ2) is 7.40. The average Bonchev–Trinajstić information content (AvgIpc) is 2.52. The SMILES string of the molecule is COc1ccc(C(NC(=O)c2ccccc2)C(C)=O)cc1I. The molecule has 1 N–H and O–H groups in total. The van der Waals surface area contributed by atoms with Crippen LogP contribution in [0, 0.1) is 3.57 Å². The van der Waals surface area contributed by atoms with Gasteiger partial charge < -0.3 is 10.1 Å². The Labute approximate surface area is 143 Å². The van der Waals surface area contributed by atoms with Gasteiger partial charge in [0.1, 0.15) is 11.8 Å². The van der Waals surface area contributed by atoms with Gasteiger partial charge in [-0.05, 0) is 59.3 Å². The van der Waals surface area contributed by atoms with Crippen LogP contribution in [0.25, 0.3) is 0 Å². The summed E-state index contributed by atoms with van der Waals surface area (Å²) in [6, 6.07) is 13.6. The number of ether oxygens (including phenoxy) is 1. The van der Waals surface area contributed by atoms with Crippen molar-refractivity contribution in [3.8, 4) is 5.75 Å². The van der Waals surface area contributed by atoms with Crippen LogP contribution < -0.4 is 10.1 Å². The third-order valence-electron chi connectivity index (χ3n) is 3.23. The molecule has 22 heavy (non-hydrogen) atoms. The van der Waals surface area contributed by atoms with Gasteiger partial charge in [-0.1, -0.05) is 24.3 Å². The van der Waals surface area contributed by atoms with E-state index >= 15 is 0 Å². The molecule has 0 aliphatic rings. The molecule has 0 heterocycles. The summed E-state index contributed by atoms with van der Waals surface area (Å²) in [6.45, 7) is 1.47. The second-order valence-corrected chi connectivity index (χ2v) is 5.94. The van der Waals surface area contributed by atoms with E-state index in [2.05, 4.69) is 27.9 Å². The van der Waals surface area contributed by atoms with Crippen molar-refractivity contribution in [3.63, 3.8) is 0 Å². The van der Waals surface area contributed by atoms with Crippen LogP contribution in [0.3, 0.4) is 0 Å². The van der Waals surface area contributed by atoms with Gasteiger partial charge in [0.15, 0.2) is 5.78 Å². The first-order chi connectivity index (χ1) is 10.5. The Hall–Kier alpha value is -1.89. The first kappa shape index (κ1) is 16.5. The lowest BCUT2D eigenvalue weighted by atomic mass is 10.0. The van der Waals surface area contributed by atoms with E-state index in [-0.39, 0.29) is 11.7 Å². The Morgan fingerprint density at radius 1 is 1.14 bits per heavy atom. The molecule has 0 radical (unpaired) electrons. The van der Waals surface area contributed by atoms with Crippen molar-refractivity contribution in [2.24, 2.45) is 0 Å². The Morgan fingerprint density at radius 3 is 2.36 bits per heavy atom. The fraction of sp³-hybridized carbons (Fsp3) is 0.176. The summed E-state index contributed by atoms with van der Waals surface area (Å²) in [5, 5.41) is 2.78. The van der Waals surface area contributed by atoms with Gasteiger partial charge in [-0.2, -0.15) is 0 Å². The molecule has 0 aliphatic carbocycles. The van der Waals surface area contributed by atoms with Crippen LogP contribution in [-0.4, -0.2) is 18.8 Å². The van der Waals surface area contributed by atoms with Crippen LogP contribution in [-0.2, 0) is 4.79 Å². The van der Waals surface area contributed by atoms with Gasteiger partial charge in [-0.25, -0.2) is 0 Å². The zero-order valence-electron chi connectivity index (χ0n) is 12.3. The topological polar surface area (TPSA) is 55.4 Å². The molecule has 5 heteroatoms. The number of hydrogen-bond acceptors (Lipinski definition) is 3. The fourth-order valence-electron chi connectivity index (χ4n) is 2.09.